The molecule has 5 heterocycles. The minimum Gasteiger partial charge on any atom is -0.360 e. The third-order valence-corrected chi connectivity index (χ3v) is 6.17. The van der Waals surface area contributed by atoms with Crippen molar-refractivity contribution >= 4 is 29.1 Å². The molecule has 13 heteroatoms. The van der Waals surface area contributed by atoms with Gasteiger partial charge in [0.1, 0.15) is 5.76 Å². The molecule has 0 aliphatic carbocycles. The zero-order valence-electron chi connectivity index (χ0n) is 18.4. The van der Waals surface area contributed by atoms with Crippen LogP contribution in [0, 0.1) is 12.8 Å². The Morgan fingerprint density at radius 3 is 2.64 bits per heavy atom. The zero-order chi connectivity index (χ0) is 22.8. The van der Waals surface area contributed by atoms with Gasteiger partial charge in [0.25, 0.3) is 0 Å². The summed E-state index contributed by atoms with van der Waals surface area (Å²) in [6.07, 6.45) is 1.57. The van der Waals surface area contributed by atoms with Crippen LogP contribution in [0.3, 0.4) is 0 Å². The molecule has 33 heavy (non-hydrogen) atoms. The van der Waals surface area contributed by atoms with Gasteiger partial charge in [-0.2, -0.15) is 0 Å². The summed E-state index contributed by atoms with van der Waals surface area (Å²) in [5.74, 6) is 1.97. The topological polar surface area (TPSA) is 138 Å². The number of amides is 2. The highest BCUT2D eigenvalue weighted by Crippen LogP contribution is 2.24. The molecule has 1 N–H and O–H groups in total. The number of carbonyl (C=O) groups is 2. The number of hydrogen-bond donors (Lipinski definition) is 1. The Bertz CT molecular complexity index is 1130. The second kappa shape index (κ2) is 9.10. The van der Waals surface area contributed by atoms with Crippen molar-refractivity contribution in [1.82, 2.24) is 40.2 Å². The molecule has 0 atom stereocenters. The van der Waals surface area contributed by atoms with E-state index in [9.17, 15) is 9.59 Å². The van der Waals surface area contributed by atoms with Crippen molar-refractivity contribution < 1.29 is 14.1 Å². The third kappa shape index (κ3) is 4.77. The average Bonchev–Trinajstić information content (AvgIpc) is 3.47. The average molecular weight is 454 g/mol. The lowest BCUT2D eigenvalue weighted by atomic mass is 9.95. The number of rotatable bonds is 5. The molecule has 2 fully saturated rings. The molecule has 174 valence electrons. The van der Waals surface area contributed by atoms with Gasteiger partial charge in [0.15, 0.2) is 17.3 Å². The zero-order valence-corrected chi connectivity index (χ0v) is 18.4. The Balaban J connectivity index is 1.07. The van der Waals surface area contributed by atoms with Crippen LogP contribution in [-0.2, 0) is 9.59 Å². The van der Waals surface area contributed by atoms with Crippen LogP contribution < -0.4 is 10.2 Å². The summed E-state index contributed by atoms with van der Waals surface area (Å²) in [6, 6.07) is 5.43. The number of piperidine rings is 1. The van der Waals surface area contributed by atoms with Crippen molar-refractivity contribution in [2.45, 2.75) is 19.8 Å². The van der Waals surface area contributed by atoms with Gasteiger partial charge in [-0.1, -0.05) is 5.16 Å². The quantitative estimate of drug-likeness (QED) is 0.552. The third-order valence-electron chi connectivity index (χ3n) is 6.17. The van der Waals surface area contributed by atoms with E-state index in [-0.39, 0.29) is 24.3 Å². The van der Waals surface area contributed by atoms with Crippen molar-refractivity contribution in [2.75, 3.05) is 56.0 Å². The molecular formula is C20H26N10O3. The van der Waals surface area contributed by atoms with Gasteiger partial charge in [0.05, 0.1) is 6.54 Å². The van der Waals surface area contributed by atoms with Crippen molar-refractivity contribution in [3.63, 3.8) is 0 Å². The number of nitrogens with zero attached hydrogens (tertiary/aromatic N) is 9. The molecule has 2 aliphatic heterocycles. The second-order valence-electron chi connectivity index (χ2n) is 8.45. The molecule has 2 aliphatic rings. The molecule has 5 rings (SSSR count). The number of anilines is 2. The molecule has 2 amide bonds. The molecule has 0 bridgehead atoms. The van der Waals surface area contributed by atoms with Crippen molar-refractivity contribution in [3.05, 3.63) is 24.0 Å². The summed E-state index contributed by atoms with van der Waals surface area (Å²) in [6.45, 7) is 6.18. The van der Waals surface area contributed by atoms with E-state index in [0.717, 1.165) is 31.7 Å². The van der Waals surface area contributed by atoms with Crippen LogP contribution >= 0.6 is 0 Å². The van der Waals surface area contributed by atoms with E-state index in [0.29, 0.717) is 43.4 Å². The molecule has 0 aromatic carbocycles. The lowest BCUT2D eigenvalue weighted by Gasteiger charge is -2.38. The van der Waals surface area contributed by atoms with Crippen molar-refractivity contribution in [1.29, 1.82) is 0 Å². The first-order valence-corrected chi connectivity index (χ1v) is 11.1. The minimum atomic E-state index is -0.135. The number of aryl methyl sites for hydroxylation is 1. The van der Waals surface area contributed by atoms with E-state index in [1.807, 2.05) is 17.0 Å². The molecule has 0 radical (unpaired) electrons. The highest BCUT2D eigenvalue weighted by atomic mass is 16.5. The molecular weight excluding hydrogens is 428 g/mol. The van der Waals surface area contributed by atoms with E-state index in [4.69, 9.17) is 4.52 Å². The van der Waals surface area contributed by atoms with Crippen LogP contribution in [0.2, 0.25) is 0 Å². The Hall–Kier alpha value is -3.61. The first-order chi connectivity index (χ1) is 16.0. The number of hydrogen-bond acceptors (Lipinski definition) is 10. The van der Waals surface area contributed by atoms with Crippen LogP contribution in [-0.4, -0.2) is 97.8 Å². The van der Waals surface area contributed by atoms with Crippen LogP contribution in [0.1, 0.15) is 18.6 Å². The van der Waals surface area contributed by atoms with Gasteiger partial charge in [0, 0.05) is 51.3 Å². The fraction of sp³-hybridized carbons (Fsp3) is 0.550. The largest absolute Gasteiger partial charge is 0.360 e. The SMILES string of the molecule is Cc1cc(NC(=O)CN2CCN(C(=O)C3CCN(c4ccc5nnnn5n4)CC3)CC2)no1. The number of carbonyl (C=O) groups excluding carboxylic acids is 2. The predicted molar refractivity (Wildman–Crippen MR) is 116 cm³/mol. The fourth-order valence-corrected chi connectivity index (χ4v) is 4.36. The second-order valence-corrected chi connectivity index (χ2v) is 8.45. The maximum atomic E-state index is 13.1. The van der Waals surface area contributed by atoms with Gasteiger partial charge >= 0.3 is 0 Å². The summed E-state index contributed by atoms with van der Waals surface area (Å²) < 4.78 is 6.38. The summed E-state index contributed by atoms with van der Waals surface area (Å²) in [5.41, 5.74) is 0.605. The van der Waals surface area contributed by atoms with Crippen LogP contribution in [0.25, 0.3) is 5.65 Å². The monoisotopic (exact) mass is 454 g/mol. The minimum absolute atomic E-state index is 0.0169. The molecule has 3 aromatic rings. The molecule has 2 saturated heterocycles. The Morgan fingerprint density at radius 1 is 1.12 bits per heavy atom. The van der Waals surface area contributed by atoms with Gasteiger partial charge in [0.2, 0.25) is 11.8 Å². The Labute approximate surface area is 189 Å². The predicted octanol–water partition coefficient (Wildman–Crippen LogP) is -0.185. The lowest BCUT2D eigenvalue weighted by Crippen LogP contribution is -2.52. The standard InChI is InChI=1S/C20H26N10O3/c1-14-12-16(24-33-14)21-19(31)13-27-8-10-29(11-9-27)20(32)15-4-6-28(7-5-15)18-3-2-17-22-25-26-30(17)23-18/h2-3,12,15H,4-11,13H2,1H3,(H,21,24,31). The highest BCUT2D eigenvalue weighted by Gasteiger charge is 2.31. The normalized spacial score (nSPS) is 18.1. The lowest BCUT2D eigenvalue weighted by molar-refractivity contribution is -0.138. The fourth-order valence-electron chi connectivity index (χ4n) is 4.36. The summed E-state index contributed by atoms with van der Waals surface area (Å²) >= 11 is 0. The molecule has 13 nitrogen and oxygen atoms in total. The molecule has 0 spiro atoms. The summed E-state index contributed by atoms with van der Waals surface area (Å²) in [4.78, 5) is 31.4. The highest BCUT2D eigenvalue weighted by molar-refractivity contribution is 5.91. The maximum absolute atomic E-state index is 13.1. The van der Waals surface area contributed by atoms with Gasteiger partial charge in [-0.3, -0.25) is 14.5 Å². The van der Waals surface area contributed by atoms with E-state index in [1.165, 1.54) is 4.63 Å². The molecule has 0 saturated carbocycles. The van der Waals surface area contributed by atoms with E-state index in [1.54, 1.807) is 13.0 Å². The molecule has 0 unspecified atom stereocenters. The van der Waals surface area contributed by atoms with Gasteiger partial charge in [-0.05, 0) is 42.3 Å². The Morgan fingerprint density at radius 2 is 1.91 bits per heavy atom. The van der Waals surface area contributed by atoms with Crippen LogP contribution in [0.4, 0.5) is 11.6 Å². The maximum Gasteiger partial charge on any atom is 0.239 e. The van der Waals surface area contributed by atoms with Gasteiger partial charge in [-0.25, -0.2) is 0 Å². The first-order valence-electron chi connectivity index (χ1n) is 11.1. The van der Waals surface area contributed by atoms with E-state index < -0.39 is 0 Å². The van der Waals surface area contributed by atoms with E-state index >= 15 is 0 Å². The first kappa shape index (κ1) is 21.2. The number of nitrogens with one attached hydrogen (secondary N) is 1. The smallest absolute Gasteiger partial charge is 0.239 e. The van der Waals surface area contributed by atoms with Crippen molar-refractivity contribution in [3.8, 4) is 0 Å². The van der Waals surface area contributed by atoms with Crippen LogP contribution in [0.15, 0.2) is 22.7 Å². The molecule has 3 aromatic heterocycles. The number of aromatic nitrogens is 6. The number of fused-ring (bicyclic) bond motifs is 1. The van der Waals surface area contributed by atoms with Gasteiger partial charge < -0.3 is 19.6 Å². The number of piperazine rings is 1. The van der Waals surface area contributed by atoms with Crippen molar-refractivity contribution in [2.24, 2.45) is 5.92 Å². The van der Waals surface area contributed by atoms with Crippen LogP contribution in [0.5, 0.6) is 0 Å². The van der Waals surface area contributed by atoms with E-state index in [2.05, 4.69) is 40.9 Å². The summed E-state index contributed by atoms with van der Waals surface area (Å²) in [5, 5.41) is 22.3. The summed E-state index contributed by atoms with van der Waals surface area (Å²) in [7, 11) is 0. The van der Waals surface area contributed by atoms with Gasteiger partial charge in [-0.15, -0.1) is 14.8 Å². The Kier molecular flexibility index (Phi) is 5.86. The number of tetrazole rings is 1.